The predicted molar refractivity (Wildman–Crippen MR) is 95.9 cm³/mol. The van der Waals surface area contributed by atoms with Crippen LogP contribution < -0.4 is 4.90 Å². The highest BCUT2D eigenvalue weighted by molar-refractivity contribution is 7.15. The molecule has 0 aliphatic heterocycles. The lowest BCUT2D eigenvalue weighted by molar-refractivity contribution is 0.732. The summed E-state index contributed by atoms with van der Waals surface area (Å²) in [5.74, 6) is 0.732. The van der Waals surface area contributed by atoms with Gasteiger partial charge in [-0.2, -0.15) is 5.26 Å². The van der Waals surface area contributed by atoms with Gasteiger partial charge in [0.25, 0.3) is 0 Å². The van der Waals surface area contributed by atoms with Gasteiger partial charge >= 0.3 is 0 Å². The van der Waals surface area contributed by atoms with Crippen LogP contribution in [0.1, 0.15) is 29.2 Å². The standard InChI is InChI=1S/C18H17N5S/c1-12-17(24-18(22-12)14-7-5-4-6-8-14)13(2)23(3)16-11-20-15(9-19)10-21-16/h4-8,10-11,13H,1-3H3. The SMILES string of the molecule is Cc1nc(-c2ccccc2)sc1C(C)N(C)c1cnc(C#N)cn1. The monoisotopic (exact) mass is 335 g/mol. The van der Waals surface area contributed by atoms with Gasteiger partial charge in [-0.1, -0.05) is 30.3 Å². The van der Waals surface area contributed by atoms with E-state index in [2.05, 4.69) is 29.0 Å². The van der Waals surface area contributed by atoms with Crippen molar-refractivity contribution >= 4 is 17.2 Å². The second kappa shape index (κ2) is 6.77. The van der Waals surface area contributed by atoms with Crippen molar-refractivity contribution in [3.05, 3.63) is 59.0 Å². The first-order chi connectivity index (χ1) is 11.6. The van der Waals surface area contributed by atoms with Crippen molar-refractivity contribution in [1.29, 1.82) is 5.26 Å². The lowest BCUT2D eigenvalue weighted by atomic mass is 10.2. The molecule has 0 saturated carbocycles. The number of aryl methyl sites for hydroxylation is 1. The van der Waals surface area contributed by atoms with Gasteiger partial charge in [-0.05, 0) is 13.8 Å². The summed E-state index contributed by atoms with van der Waals surface area (Å²) in [6.07, 6.45) is 3.12. The minimum absolute atomic E-state index is 0.113. The van der Waals surface area contributed by atoms with Crippen LogP contribution in [-0.4, -0.2) is 22.0 Å². The van der Waals surface area contributed by atoms with Crippen LogP contribution in [0.3, 0.4) is 0 Å². The van der Waals surface area contributed by atoms with E-state index >= 15 is 0 Å². The number of nitriles is 1. The fourth-order valence-corrected chi connectivity index (χ4v) is 3.60. The second-order valence-electron chi connectivity index (χ2n) is 5.49. The highest BCUT2D eigenvalue weighted by Crippen LogP contribution is 2.34. The molecule has 0 aliphatic rings. The van der Waals surface area contributed by atoms with E-state index in [0.29, 0.717) is 5.69 Å². The van der Waals surface area contributed by atoms with Crippen molar-refractivity contribution in [3.8, 4) is 16.6 Å². The fraction of sp³-hybridized carbons (Fsp3) is 0.222. The Balaban J connectivity index is 1.88. The fourth-order valence-electron chi connectivity index (χ4n) is 2.44. The summed E-state index contributed by atoms with van der Waals surface area (Å²) in [6.45, 7) is 4.16. The van der Waals surface area contributed by atoms with Crippen LogP contribution in [0.4, 0.5) is 5.82 Å². The average Bonchev–Trinajstić information content (AvgIpc) is 3.03. The van der Waals surface area contributed by atoms with Crippen LogP contribution in [-0.2, 0) is 0 Å². The van der Waals surface area contributed by atoms with Crippen molar-refractivity contribution in [2.45, 2.75) is 19.9 Å². The molecule has 2 heterocycles. The van der Waals surface area contributed by atoms with E-state index in [0.717, 1.165) is 22.1 Å². The molecule has 2 aromatic heterocycles. The number of benzene rings is 1. The number of hydrogen-bond donors (Lipinski definition) is 0. The van der Waals surface area contributed by atoms with E-state index in [-0.39, 0.29) is 6.04 Å². The molecule has 0 spiro atoms. The van der Waals surface area contributed by atoms with Gasteiger partial charge < -0.3 is 4.90 Å². The van der Waals surface area contributed by atoms with Gasteiger partial charge in [0.05, 0.1) is 29.0 Å². The molecule has 120 valence electrons. The highest BCUT2D eigenvalue weighted by Gasteiger charge is 2.20. The zero-order valence-corrected chi connectivity index (χ0v) is 14.6. The minimum atomic E-state index is 0.113. The smallest absolute Gasteiger partial charge is 0.158 e. The van der Waals surface area contributed by atoms with Crippen LogP contribution in [0, 0.1) is 18.3 Å². The summed E-state index contributed by atoms with van der Waals surface area (Å²) in [5, 5.41) is 9.85. The van der Waals surface area contributed by atoms with E-state index in [1.165, 1.54) is 11.1 Å². The van der Waals surface area contributed by atoms with E-state index in [4.69, 9.17) is 10.2 Å². The third kappa shape index (κ3) is 3.12. The quantitative estimate of drug-likeness (QED) is 0.721. The van der Waals surface area contributed by atoms with Crippen molar-refractivity contribution in [1.82, 2.24) is 15.0 Å². The molecule has 3 aromatic rings. The highest BCUT2D eigenvalue weighted by atomic mass is 32.1. The Morgan fingerprint density at radius 1 is 1.17 bits per heavy atom. The maximum absolute atomic E-state index is 8.83. The Morgan fingerprint density at radius 2 is 1.92 bits per heavy atom. The molecule has 0 aliphatic carbocycles. The predicted octanol–water partition coefficient (Wildman–Crippen LogP) is 3.98. The topological polar surface area (TPSA) is 65.7 Å². The van der Waals surface area contributed by atoms with Crippen molar-refractivity contribution in [3.63, 3.8) is 0 Å². The van der Waals surface area contributed by atoms with Crippen LogP contribution in [0.15, 0.2) is 42.7 Å². The first kappa shape index (κ1) is 16.1. The maximum Gasteiger partial charge on any atom is 0.158 e. The van der Waals surface area contributed by atoms with E-state index in [1.54, 1.807) is 17.5 Å². The summed E-state index contributed by atoms with van der Waals surface area (Å²) < 4.78 is 0. The molecule has 24 heavy (non-hydrogen) atoms. The Kier molecular flexibility index (Phi) is 4.54. The van der Waals surface area contributed by atoms with Gasteiger partial charge in [0.2, 0.25) is 0 Å². The number of hydrogen-bond acceptors (Lipinski definition) is 6. The number of anilines is 1. The summed E-state index contributed by atoms with van der Waals surface area (Å²) in [5.41, 5.74) is 2.48. The number of nitrogens with zero attached hydrogens (tertiary/aromatic N) is 5. The molecule has 0 fully saturated rings. The van der Waals surface area contributed by atoms with Crippen molar-refractivity contribution in [2.75, 3.05) is 11.9 Å². The van der Waals surface area contributed by atoms with E-state index in [9.17, 15) is 0 Å². The molecule has 0 radical (unpaired) electrons. The Bertz CT molecular complexity index is 865. The number of thiazole rings is 1. The molecule has 3 rings (SSSR count). The Hall–Kier alpha value is -2.78. The average molecular weight is 335 g/mol. The molecule has 1 aromatic carbocycles. The third-order valence-electron chi connectivity index (χ3n) is 3.93. The summed E-state index contributed by atoms with van der Waals surface area (Å²) in [4.78, 5) is 16.4. The van der Waals surface area contributed by atoms with Crippen LogP contribution >= 0.6 is 11.3 Å². The normalized spacial score (nSPS) is 11.8. The van der Waals surface area contributed by atoms with Crippen molar-refractivity contribution in [2.24, 2.45) is 0 Å². The second-order valence-corrected chi connectivity index (χ2v) is 6.52. The molecule has 0 saturated heterocycles. The molecule has 1 unspecified atom stereocenters. The number of rotatable bonds is 4. The molecule has 0 N–H and O–H groups in total. The van der Waals surface area contributed by atoms with Gasteiger partial charge in [0.15, 0.2) is 5.69 Å². The summed E-state index contributed by atoms with van der Waals surface area (Å²) in [7, 11) is 1.97. The molecule has 0 amide bonds. The summed E-state index contributed by atoms with van der Waals surface area (Å²) >= 11 is 1.70. The molecule has 5 nitrogen and oxygen atoms in total. The van der Waals surface area contributed by atoms with Gasteiger partial charge in [-0.15, -0.1) is 11.3 Å². The molecule has 6 heteroatoms. The first-order valence-corrected chi connectivity index (χ1v) is 8.39. The van der Waals surface area contributed by atoms with Crippen LogP contribution in [0.5, 0.6) is 0 Å². The third-order valence-corrected chi connectivity index (χ3v) is 5.30. The minimum Gasteiger partial charge on any atom is -0.351 e. The van der Waals surface area contributed by atoms with Gasteiger partial charge in [-0.3, -0.25) is 0 Å². The molecular formula is C18H17N5S. The maximum atomic E-state index is 8.83. The van der Waals surface area contributed by atoms with Crippen molar-refractivity contribution < 1.29 is 0 Å². The Morgan fingerprint density at radius 3 is 2.54 bits per heavy atom. The van der Waals surface area contributed by atoms with Crippen LogP contribution in [0.25, 0.3) is 10.6 Å². The van der Waals surface area contributed by atoms with Gasteiger partial charge in [-0.25, -0.2) is 15.0 Å². The van der Waals surface area contributed by atoms with Gasteiger partial charge in [0.1, 0.15) is 16.9 Å². The molecular weight excluding hydrogens is 318 g/mol. The first-order valence-electron chi connectivity index (χ1n) is 7.58. The largest absolute Gasteiger partial charge is 0.351 e. The zero-order valence-electron chi connectivity index (χ0n) is 13.8. The van der Waals surface area contributed by atoms with Crippen LogP contribution in [0.2, 0.25) is 0 Å². The Labute approximate surface area is 145 Å². The molecule has 1 atom stereocenters. The molecule has 0 bridgehead atoms. The summed E-state index contributed by atoms with van der Waals surface area (Å²) in [6, 6.07) is 12.3. The number of aromatic nitrogens is 3. The van der Waals surface area contributed by atoms with E-state index < -0.39 is 0 Å². The lowest BCUT2D eigenvalue weighted by Gasteiger charge is -2.25. The lowest BCUT2D eigenvalue weighted by Crippen LogP contribution is -2.22. The van der Waals surface area contributed by atoms with E-state index in [1.807, 2.05) is 43.1 Å². The van der Waals surface area contributed by atoms with Gasteiger partial charge in [0, 0.05) is 12.6 Å². The zero-order chi connectivity index (χ0) is 17.1.